The average Bonchev–Trinajstić information content (AvgIpc) is 2.74. The van der Waals surface area contributed by atoms with E-state index in [0.717, 1.165) is 0 Å². The lowest BCUT2D eigenvalue weighted by molar-refractivity contribution is -0.125. The largest absolute Gasteiger partial charge is 0.366 e. The maximum absolute atomic E-state index is 14.0. The molecule has 2 amide bonds. The van der Waals surface area contributed by atoms with Crippen LogP contribution in [0, 0.1) is 5.82 Å². The van der Waals surface area contributed by atoms with Crippen LogP contribution in [0.2, 0.25) is 0 Å². The molecule has 0 bridgehead atoms. The molecule has 1 atom stereocenters. The van der Waals surface area contributed by atoms with Crippen molar-refractivity contribution in [2.45, 2.75) is 12.5 Å². The number of carbonyl (C=O) groups excluding carboxylic acids is 2. The number of guanidine groups is 1. The van der Waals surface area contributed by atoms with E-state index in [-0.39, 0.29) is 24.1 Å². The van der Waals surface area contributed by atoms with Crippen LogP contribution in [-0.2, 0) is 9.59 Å². The second-order valence-corrected chi connectivity index (χ2v) is 7.00. The number of carbonyl (C=O) groups is 2. The lowest BCUT2D eigenvalue weighted by atomic mass is 10.1. The van der Waals surface area contributed by atoms with Crippen LogP contribution in [0.25, 0.3) is 0 Å². The van der Waals surface area contributed by atoms with Crippen LogP contribution in [-0.4, -0.2) is 54.9 Å². The minimum absolute atomic E-state index is 0.0113. The fourth-order valence-electron chi connectivity index (χ4n) is 3.50. The Morgan fingerprint density at radius 1 is 1.00 bits per heavy atom. The SMILES string of the molecule is O=C1C[C@H](C(=O)Nc2ccccc2)N=C(N2CCN(c3ccccc3F)CC2)N1. The van der Waals surface area contributed by atoms with Gasteiger partial charge in [-0.1, -0.05) is 30.3 Å². The summed E-state index contributed by atoms with van der Waals surface area (Å²) >= 11 is 0. The molecule has 7 nitrogen and oxygen atoms in total. The lowest BCUT2D eigenvalue weighted by Crippen LogP contribution is -2.56. The Morgan fingerprint density at radius 2 is 1.66 bits per heavy atom. The van der Waals surface area contributed by atoms with E-state index in [1.165, 1.54) is 6.07 Å². The molecule has 2 heterocycles. The number of aliphatic imine (C=N–C) groups is 1. The molecule has 29 heavy (non-hydrogen) atoms. The maximum atomic E-state index is 14.0. The van der Waals surface area contributed by atoms with Crippen molar-refractivity contribution in [2.24, 2.45) is 4.99 Å². The molecule has 2 aliphatic heterocycles. The fourth-order valence-corrected chi connectivity index (χ4v) is 3.50. The van der Waals surface area contributed by atoms with Crippen LogP contribution >= 0.6 is 0 Å². The Kier molecular flexibility index (Phi) is 5.41. The quantitative estimate of drug-likeness (QED) is 0.831. The second kappa shape index (κ2) is 8.30. The first-order valence-electron chi connectivity index (χ1n) is 9.58. The highest BCUT2D eigenvalue weighted by molar-refractivity contribution is 6.06. The first-order chi connectivity index (χ1) is 14.1. The van der Waals surface area contributed by atoms with E-state index < -0.39 is 6.04 Å². The number of rotatable bonds is 3. The van der Waals surface area contributed by atoms with Crippen molar-refractivity contribution in [1.82, 2.24) is 10.2 Å². The highest BCUT2D eigenvalue weighted by Gasteiger charge is 2.31. The van der Waals surface area contributed by atoms with Crippen molar-refractivity contribution in [3.8, 4) is 0 Å². The van der Waals surface area contributed by atoms with Gasteiger partial charge in [-0.15, -0.1) is 0 Å². The summed E-state index contributed by atoms with van der Waals surface area (Å²) in [5.41, 5.74) is 1.24. The summed E-state index contributed by atoms with van der Waals surface area (Å²) in [6.45, 7) is 2.33. The van der Waals surface area contributed by atoms with Crippen molar-refractivity contribution in [3.63, 3.8) is 0 Å². The lowest BCUT2D eigenvalue weighted by Gasteiger charge is -2.38. The van der Waals surface area contributed by atoms with E-state index in [1.54, 1.807) is 24.3 Å². The molecule has 150 valence electrons. The molecule has 1 fully saturated rings. The van der Waals surface area contributed by atoms with E-state index in [4.69, 9.17) is 0 Å². The molecule has 0 radical (unpaired) electrons. The van der Waals surface area contributed by atoms with Gasteiger partial charge in [0.2, 0.25) is 17.8 Å². The Bertz CT molecular complexity index is 926. The molecular formula is C21H22FN5O2. The monoisotopic (exact) mass is 395 g/mol. The zero-order valence-electron chi connectivity index (χ0n) is 15.8. The van der Waals surface area contributed by atoms with Gasteiger partial charge in [-0.05, 0) is 24.3 Å². The molecule has 0 aliphatic carbocycles. The van der Waals surface area contributed by atoms with Crippen molar-refractivity contribution in [1.29, 1.82) is 0 Å². The number of nitrogens with zero attached hydrogens (tertiary/aromatic N) is 3. The fraction of sp³-hybridized carbons (Fsp3) is 0.286. The van der Waals surface area contributed by atoms with Gasteiger partial charge in [0.05, 0.1) is 12.1 Å². The molecule has 2 N–H and O–H groups in total. The van der Waals surface area contributed by atoms with Gasteiger partial charge in [0.15, 0.2) is 0 Å². The van der Waals surface area contributed by atoms with E-state index in [2.05, 4.69) is 15.6 Å². The molecule has 0 spiro atoms. The van der Waals surface area contributed by atoms with Gasteiger partial charge in [0.25, 0.3) is 0 Å². The summed E-state index contributed by atoms with van der Waals surface area (Å²) in [4.78, 5) is 33.1. The molecule has 0 unspecified atom stereocenters. The molecule has 1 saturated heterocycles. The first kappa shape index (κ1) is 18.9. The van der Waals surface area contributed by atoms with Crippen LogP contribution in [0.15, 0.2) is 59.6 Å². The van der Waals surface area contributed by atoms with Crippen LogP contribution < -0.4 is 15.5 Å². The third-order valence-electron chi connectivity index (χ3n) is 5.02. The van der Waals surface area contributed by atoms with Crippen molar-refractivity contribution >= 4 is 29.1 Å². The van der Waals surface area contributed by atoms with E-state index in [1.807, 2.05) is 34.1 Å². The van der Waals surface area contributed by atoms with Gasteiger partial charge in [0.1, 0.15) is 11.9 Å². The second-order valence-electron chi connectivity index (χ2n) is 7.00. The van der Waals surface area contributed by atoms with Crippen LogP contribution in [0.4, 0.5) is 15.8 Å². The van der Waals surface area contributed by atoms with Crippen molar-refractivity contribution in [2.75, 3.05) is 36.4 Å². The summed E-state index contributed by atoms with van der Waals surface area (Å²) in [6, 6.07) is 15.0. The number of piperazine rings is 1. The number of amides is 2. The Labute approximate surface area is 168 Å². The number of anilines is 2. The van der Waals surface area contributed by atoms with Crippen molar-refractivity contribution < 1.29 is 14.0 Å². The van der Waals surface area contributed by atoms with Crippen LogP contribution in [0.3, 0.4) is 0 Å². The summed E-state index contributed by atoms with van der Waals surface area (Å²) in [6.07, 6.45) is 0.0113. The first-order valence-corrected chi connectivity index (χ1v) is 9.58. The Hall–Kier alpha value is -3.42. The van der Waals surface area contributed by atoms with Gasteiger partial charge in [0, 0.05) is 31.9 Å². The summed E-state index contributed by atoms with van der Waals surface area (Å²) in [5.74, 6) is -0.391. The molecule has 0 saturated carbocycles. The number of nitrogens with one attached hydrogen (secondary N) is 2. The number of hydrogen-bond acceptors (Lipinski definition) is 5. The van der Waals surface area contributed by atoms with E-state index in [9.17, 15) is 14.0 Å². The predicted octanol–water partition coefficient (Wildman–Crippen LogP) is 1.83. The topological polar surface area (TPSA) is 77.0 Å². The minimum Gasteiger partial charge on any atom is -0.366 e. The van der Waals surface area contributed by atoms with Crippen molar-refractivity contribution in [3.05, 3.63) is 60.4 Å². The number of hydrogen-bond donors (Lipinski definition) is 2. The van der Waals surface area contributed by atoms with Gasteiger partial charge < -0.3 is 15.1 Å². The average molecular weight is 395 g/mol. The zero-order chi connectivity index (χ0) is 20.2. The number of benzene rings is 2. The smallest absolute Gasteiger partial charge is 0.249 e. The summed E-state index contributed by atoms with van der Waals surface area (Å²) < 4.78 is 14.0. The Morgan fingerprint density at radius 3 is 2.38 bits per heavy atom. The molecule has 2 aromatic rings. The highest BCUT2D eigenvalue weighted by atomic mass is 19.1. The Balaban J connectivity index is 1.42. The minimum atomic E-state index is -0.774. The number of para-hydroxylation sites is 2. The summed E-state index contributed by atoms with van der Waals surface area (Å²) in [5, 5.41) is 5.56. The van der Waals surface area contributed by atoms with E-state index in [0.29, 0.717) is 43.5 Å². The predicted molar refractivity (Wildman–Crippen MR) is 109 cm³/mol. The van der Waals surface area contributed by atoms with Crippen LogP contribution in [0.1, 0.15) is 6.42 Å². The maximum Gasteiger partial charge on any atom is 0.249 e. The van der Waals surface area contributed by atoms with Gasteiger partial charge in [-0.2, -0.15) is 0 Å². The third kappa shape index (κ3) is 4.37. The van der Waals surface area contributed by atoms with Gasteiger partial charge in [-0.25, -0.2) is 9.38 Å². The molecule has 8 heteroatoms. The normalized spacial score (nSPS) is 19.4. The molecule has 0 aromatic heterocycles. The van der Waals surface area contributed by atoms with E-state index >= 15 is 0 Å². The standard InChI is InChI=1S/C21H22FN5O2/c22-16-8-4-5-9-18(16)26-10-12-27(13-11-26)21-24-17(14-19(28)25-21)20(29)23-15-6-2-1-3-7-15/h1-9,17H,10-14H2,(H,23,29)(H,24,25,28)/t17-/m1/s1. The molecule has 2 aliphatic rings. The molecule has 4 rings (SSSR count). The third-order valence-corrected chi connectivity index (χ3v) is 5.02. The number of halogens is 1. The van der Waals surface area contributed by atoms with Gasteiger partial charge in [-0.3, -0.25) is 14.9 Å². The zero-order valence-corrected chi connectivity index (χ0v) is 15.8. The van der Waals surface area contributed by atoms with Crippen LogP contribution in [0.5, 0.6) is 0 Å². The summed E-state index contributed by atoms with van der Waals surface area (Å²) in [7, 11) is 0. The molecule has 2 aromatic carbocycles. The van der Waals surface area contributed by atoms with Gasteiger partial charge >= 0.3 is 0 Å². The molecular weight excluding hydrogens is 373 g/mol. The highest BCUT2D eigenvalue weighted by Crippen LogP contribution is 2.20.